The number of amides is 4. The second-order valence-corrected chi connectivity index (χ2v) is 19.9. The lowest BCUT2D eigenvalue weighted by Gasteiger charge is -2.35. The highest BCUT2D eigenvalue weighted by Crippen LogP contribution is 2.57. The fourth-order valence-corrected chi connectivity index (χ4v) is 9.57. The van der Waals surface area contributed by atoms with Crippen LogP contribution >= 0.6 is 0 Å². The summed E-state index contributed by atoms with van der Waals surface area (Å²) in [5, 5.41) is 2.10. The van der Waals surface area contributed by atoms with Gasteiger partial charge in [-0.05, 0) is 66.0 Å². The van der Waals surface area contributed by atoms with Crippen LogP contribution in [0.5, 0.6) is 11.5 Å². The lowest BCUT2D eigenvalue weighted by molar-refractivity contribution is -0.142. The molecule has 1 aromatic rings. The van der Waals surface area contributed by atoms with Gasteiger partial charge in [0.15, 0.2) is 17.3 Å². The number of hydrogen-bond acceptors (Lipinski definition) is 11. The molecule has 3 fully saturated rings. The molecule has 0 radical (unpaired) electrons. The summed E-state index contributed by atoms with van der Waals surface area (Å²) in [4.78, 5) is 72.6. The fraction of sp³-hybridized carbons (Fsp3) is 0.625. The topological polar surface area (TPSA) is 187 Å². The third kappa shape index (κ3) is 7.85. The number of carbonyl (C=O) groups is 5. The molecular weight excluding hydrogens is 745 g/mol. The van der Waals surface area contributed by atoms with Crippen molar-refractivity contribution in [3.05, 3.63) is 41.5 Å². The van der Waals surface area contributed by atoms with E-state index in [4.69, 9.17) is 18.9 Å². The van der Waals surface area contributed by atoms with E-state index >= 15 is 0 Å². The molecule has 4 heterocycles. The summed E-state index contributed by atoms with van der Waals surface area (Å²) in [7, 11) is -3.89. The Morgan fingerprint density at radius 1 is 1.11 bits per heavy atom. The van der Waals surface area contributed by atoms with E-state index in [9.17, 15) is 32.4 Å². The summed E-state index contributed by atoms with van der Waals surface area (Å²) in [5.74, 6) is -1.11. The third-order valence-corrected chi connectivity index (χ3v) is 13.7. The van der Waals surface area contributed by atoms with E-state index in [0.29, 0.717) is 37.2 Å². The number of benzene rings is 1. The van der Waals surface area contributed by atoms with Crippen molar-refractivity contribution in [1.29, 1.82) is 0 Å². The van der Waals surface area contributed by atoms with Crippen molar-refractivity contribution in [2.75, 3.05) is 19.9 Å². The summed E-state index contributed by atoms with van der Waals surface area (Å²) in [6, 6.07) is -0.413. The molecule has 4 aliphatic heterocycles. The van der Waals surface area contributed by atoms with Crippen molar-refractivity contribution in [1.82, 2.24) is 19.8 Å². The lowest BCUT2D eigenvalue weighted by atomic mass is 9.85. The zero-order valence-electron chi connectivity index (χ0n) is 32.7. The van der Waals surface area contributed by atoms with E-state index in [2.05, 4.69) is 16.6 Å². The van der Waals surface area contributed by atoms with Gasteiger partial charge in [0.2, 0.25) is 28.6 Å². The Morgan fingerprint density at radius 3 is 2.54 bits per heavy atom. The fourth-order valence-electron chi connectivity index (χ4n) is 8.19. The predicted octanol–water partition coefficient (Wildman–Crippen LogP) is 4.57. The number of ketones is 1. The number of Topliss-reactive ketones (excluding diaryl/α,β-unsaturated/α-hetero) is 1. The number of hydrogen-bond donors (Lipinski definition) is 2. The van der Waals surface area contributed by atoms with Crippen LogP contribution in [0.3, 0.4) is 0 Å². The smallest absolute Gasteiger partial charge is 0.410 e. The number of sulfonamides is 1. The minimum Gasteiger partial charge on any atom is -0.454 e. The van der Waals surface area contributed by atoms with Gasteiger partial charge in [-0.2, -0.15) is 0 Å². The standard InChI is InChI=1S/C40H52N4O11S/c1-7-24-16-40(24,35(47)42-56(50,51)26-11-12-26)17-30(45)29-15-25-19-44(29)34(46)33(38(2,3)4)41-36(48)52-21-39(5,6)13-9-8-10-27-28-20-43(37(49)55-25)18-23(28)14-31-32(27)54-22-53-31/h7-8,10,14,24-26,29,33H,1,9,11-13,15-22H2,2-6H3,(H,41,48)(H,42,47)/b10-8-/t24-,25+,29?,33+,40-/m0/s1. The van der Waals surface area contributed by atoms with Crippen LogP contribution in [0.25, 0.3) is 6.08 Å². The Bertz CT molecular complexity index is 1980. The Morgan fingerprint density at radius 2 is 1.86 bits per heavy atom. The van der Waals surface area contributed by atoms with E-state index in [-0.39, 0.29) is 52.3 Å². The van der Waals surface area contributed by atoms with Crippen molar-refractivity contribution in [3.8, 4) is 11.5 Å². The highest BCUT2D eigenvalue weighted by atomic mass is 32.2. The molecule has 1 aromatic carbocycles. The van der Waals surface area contributed by atoms with Crippen LogP contribution in [-0.2, 0) is 47.0 Å². The molecule has 1 unspecified atom stereocenters. The number of ether oxygens (including phenoxy) is 4. The molecule has 16 heteroatoms. The molecule has 5 atom stereocenters. The second-order valence-electron chi connectivity index (χ2n) is 17.9. The van der Waals surface area contributed by atoms with Gasteiger partial charge in [-0.1, -0.05) is 52.8 Å². The number of cyclic esters (lactones) is 1. The average molecular weight is 797 g/mol. The van der Waals surface area contributed by atoms with Crippen molar-refractivity contribution in [2.45, 2.75) is 116 Å². The Hall–Kier alpha value is -4.60. The first-order chi connectivity index (χ1) is 26.3. The van der Waals surface area contributed by atoms with Gasteiger partial charge in [-0.25, -0.2) is 18.0 Å². The molecule has 0 aromatic heterocycles. The van der Waals surface area contributed by atoms with Gasteiger partial charge < -0.3 is 29.2 Å². The van der Waals surface area contributed by atoms with E-state index in [1.807, 2.05) is 32.1 Å². The minimum absolute atomic E-state index is 0.0621. The molecule has 7 rings (SSSR count). The first-order valence-corrected chi connectivity index (χ1v) is 20.9. The van der Waals surface area contributed by atoms with E-state index in [1.54, 1.807) is 25.7 Å². The summed E-state index contributed by atoms with van der Waals surface area (Å²) < 4.78 is 50.9. The van der Waals surface area contributed by atoms with E-state index in [0.717, 1.165) is 16.7 Å². The number of allylic oxidation sites excluding steroid dienone is 2. The maximum atomic E-state index is 14.6. The summed E-state index contributed by atoms with van der Waals surface area (Å²) in [6.45, 7) is 13.6. The van der Waals surface area contributed by atoms with Gasteiger partial charge in [0, 0.05) is 24.9 Å². The lowest BCUT2D eigenvalue weighted by Crippen LogP contribution is -2.57. The van der Waals surface area contributed by atoms with Crippen LogP contribution in [0, 0.1) is 22.2 Å². The predicted molar refractivity (Wildman–Crippen MR) is 202 cm³/mol. The molecule has 15 nitrogen and oxygen atoms in total. The molecule has 56 heavy (non-hydrogen) atoms. The number of carbonyl (C=O) groups excluding carboxylic acids is 5. The van der Waals surface area contributed by atoms with Crippen LogP contribution in [0.1, 0.15) is 96.3 Å². The number of rotatable bonds is 7. The molecular formula is C40H52N4O11S. The third-order valence-electron chi connectivity index (χ3n) is 11.9. The van der Waals surface area contributed by atoms with Crippen LogP contribution < -0.4 is 19.5 Å². The maximum Gasteiger partial charge on any atom is 0.410 e. The number of alkyl carbamates (subject to hydrolysis) is 1. The van der Waals surface area contributed by atoms with Crippen LogP contribution in [0.2, 0.25) is 0 Å². The number of nitrogens with one attached hydrogen (secondary N) is 2. The van der Waals surface area contributed by atoms with Gasteiger partial charge in [-0.3, -0.25) is 24.0 Å². The van der Waals surface area contributed by atoms with Crippen LogP contribution in [0.15, 0.2) is 24.8 Å². The molecule has 1 saturated heterocycles. The maximum absolute atomic E-state index is 14.6. The summed E-state index contributed by atoms with van der Waals surface area (Å²) >= 11 is 0. The average Bonchev–Trinajstić information content (AvgIpc) is 3.94. The Labute approximate surface area is 327 Å². The molecule has 6 aliphatic rings. The molecule has 2 N–H and O–H groups in total. The number of nitrogens with zero attached hydrogens (tertiary/aromatic N) is 2. The van der Waals surface area contributed by atoms with E-state index < -0.39 is 85.4 Å². The Kier molecular flexibility index (Phi) is 10.2. The van der Waals surface area contributed by atoms with Gasteiger partial charge >= 0.3 is 12.2 Å². The van der Waals surface area contributed by atoms with Crippen LogP contribution in [0.4, 0.5) is 9.59 Å². The van der Waals surface area contributed by atoms with Crippen molar-refractivity contribution in [3.63, 3.8) is 0 Å². The quantitative estimate of drug-likeness (QED) is 0.368. The molecule has 4 amide bonds. The highest BCUT2D eigenvalue weighted by Gasteiger charge is 2.61. The van der Waals surface area contributed by atoms with Crippen molar-refractivity contribution in [2.24, 2.45) is 22.2 Å². The van der Waals surface area contributed by atoms with E-state index in [1.165, 1.54) is 11.0 Å². The second kappa shape index (κ2) is 14.4. The number of fused-ring (bicyclic) bond motifs is 5. The Balaban J connectivity index is 1.18. The first kappa shape index (κ1) is 39.6. The molecule has 2 saturated carbocycles. The molecule has 0 spiro atoms. The zero-order chi connectivity index (χ0) is 40.4. The normalized spacial score (nSPS) is 29.5. The molecule has 304 valence electrons. The van der Waals surface area contributed by atoms with Crippen LogP contribution in [-0.4, -0.2) is 91.4 Å². The summed E-state index contributed by atoms with van der Waals surface area (Å²) in [5.41, 5.74) is -0.0258. The monoisotopic (exact) mass is 796 g/mol. The first-order valence-electron chi connectivity index (χ1n) is 19.3. The minimum atomic E-state index is -3.89. The summed E-state index contributed by atoms with van der Waals surface area (Å²) in [6.07, 6.45) is 5.23. The van der Waals surface area contributed by atoms with Gasteiger partial charge in [0.25, 0.3) is 0 Å². The van der Waals surface area contributed by atoms with Gasteiger partial charge in [-0.15, -0.1) is 6.58 Å². The highest BCUT2D eigenvalue weighted by molar-refractivity contribution is 7.90. The SMILES string of the molecule is C=C[C@H]1C[C@@]1(CC(=O)C1C[C@@H]2CN1C(=O)[C@H](C(C)(C)C)NC(=O)OCC(C)(C)CC/C=C\c1c3c(cc4c1OCO4)CN(C3)C(=O)O2)C(=O)NS(=O)(=O)C1CC1. The van der Waals surface area contributed by atoms with Crippen molar-refractivity contribution < 1.29 is 51.3 Å². The largest absolute Gasteiger partial charge is 0.454 e. The van der Waals surface area contributed by atoms with Gasteiger partial charge in [0.1, 0.15) is 12.1 Å². The zero-order valence-corrected chi connectivity index (χ0v) is 33.5. The molecule has 2 aliphatic carbocycles. The van der Waals surface area contributed by atoms with Crippen molar-refractivity contribution >= 4 is 45.9 Å². The van der Waals surface area contributed by atoms with Gasteiger partial charge in [0.05, 0.1) is 36.4 Å². The molecule has 4 bridgehead atoms.